The van der Waals surface area contributed by atoms with Gasteiger partial charge in [-0.3, -0.25) is 10.6 Å². The lowest BCUT2D eigenvalue weighted by Crippen LogP contribution is -2.34. The van der Waals surface area contributed by atoms with Gasteiger partial charge in [-0.1, -0.05) is 0 Å². The van der Waals surface area contributed by atoms with Crippen LogP contribution >= 0.6 is 0 Å². The van der Waals surface area contributed by atoms with Gasteiger partial charge in [0.1, 0.15) is 0 Å². The van der Waals surface area contributed by atoms with E-state index in [9.17, 15) is 18.0 Å². The van der Waals surface area contributed by atoms with E-state index in [1.807, 2.05) is 0 Å². The normalized spacial score (nSPS) is 11.3. The van der Waals surface area contributed by atoms with Gasteiger partial charge in [0.15, 0.2) is 0 Å². The molecule has 1 aromatic carbocycles. The molecule has 21 heavy (non-hydrogen) atoms. The first-order valence-corrected chi connectivity index (χ1v) is 6.31. The van der Waals surface area contributed by atoms with E-state index in [4.69, 9.17) is 10.6 Å². The number of hydrazine groups is 1. The first kappa shape index (κ1) is 17.3. The maximum Gasteiger partial charge on any atom is 0.416 e. The maximum absolute atomic E-state index is 12.8. The molecular weight excluding hydrogens is 287 g/mol. The Morgan fingerprint density at radius 1 is 1.43 bits per heavy atom. The number of halogens is 3. The van der Waals surface area contributed by atoms with Crippen LogP contribution in [0.3, 0.4) is 0 Å². The third-order valence-corrected chi connectivity index (χ3v) is 2.97. The van der Waals surface area contributed by atoms with Crippen LogP contribution in [0.15, 0.2) is 18.2 Å². The van der Waals surface area contributed by atoms with Gasteiger partial charge in [-0.2, -0.15) is 13.2 Å². The van der Waals surface area contributed by atoms with Gasteiger partial charge in [0, 0.05) is 20.2 Å². The van der Waals surface area contributed by atoms with E-state index in [1.54, 1.807) is 6.92 Å². The van der Waals surface area contributed by atoms with E-state index >= 15 is 0 Å². The number of nitrogens with zero attached hydrogens (tertiary/aromatic N) is 1. The van der Waals surface area contributed by atoms with Crippen molar-refractivity contribution in [1.82, 2.24) is 4.90 Å². The Balaban J connectivity index is 3.16. The summed E-state index contributed by atoms with van der Waals surface area (Å²) in [5.74, 6) is 4.73. The number of amides is 1. The third kappa shape index (κ3) is 4.33. The van der Waals surface area contributed by atoms with Crippen LogP contribution in [0.25, 0.3) is 0 Å². The molecule has 0 aromatic heterocycles. The summed E-state index contributed by atoms with van der Waals surface area (Å²) in [5, 5.41) is 0. The lowest BCUT2D eigenvalue weighted by atomic mass is 10.1. The number of carbonyl (C=O) groups excluding carboxylic acids is 1. The Morgan fingerprint density at radius 3 is 2.57 bits per heavy atom. The van der Waals surface area contributed by atoms with E-state index in [0.29, 0.717) is 13.2 Å². The number of alkyl halides is 3. The molecule has 0 spiro atoms. The van der Waals surface area contributed by atoms with E-state index in [0.717, 1.165) is 18.2 Å². The first-order chi connectivity index (χ1) is 9.85. The molecule has 0 unspecified atom stereocenters. The van der Waals surface area contributed by atoms with Crippen LogP contribution in [0, 0.1) is 0 Å². The van der Waals surface area contributed by atoms with Crippen molar-refractivity contribution in [2.75, 3.05) is 32.2 Å². The maximum atomic E-state index is 12.8. The molecule has 1 aromatic rings. The Hall–Kier alpha value is -1.80. The molecule has 0 aliphatic heterocycles. The summed E-state index contributed by atoms with van der Waals surface area (Å²) >= 11 is 0. The molecule has 5 nitrogen and oxygen atoms in total. The molecule has 0 saturated heterocycles. The molecule has 0 heterocycles. The lowest BCUT2D eigenvalue weighted by Gasteiger charge is -2.22. The number of rotatable bonds is 6. The van der Waals surface area contributed by atoms with E-state index in [2.05, 4.69) is 5.43 Å². The molecule has 0 aliphatic carbocycles. The largest absolute Gasteiger partial charge is 0.416 e. The molecule has 8 heteroatoms. The third-order valence-electron chi connectivity index (χ3n) is 2.97. The van der Waals surface area contributed by atoms with Gasteiger partial charge in [-0.05, 0) is 25.1 Å². The second-order valence-corrected chi connectivity index (χ2v) is 4.28. The molecule has 0 aliphatic rings. The summed E-state index contributed by atoms with van der Waals surface area (Å²) in [4.78, 5) is 13.7. The second kappa shape index (κ2) is 7.28. The highest BCUT2D eigenvalue weighted by Gasteiger charge is 2.32. The van der Waals surface area contributed by atoms with Crippen LogP contribution in [0.1, 0.15) is 22.8 Å². The van der Waals surface area contributed by atoms with Crippen LogP contribution in [0.5, 0.6) is 0 Å². The van der Waals surface area contributed by atoms with Crippen LogP contribution in [-0.4, -0.2) is 37.6 Å². The highest BCUT2D eigenvalue weighted by atomic mass is 19.4. The van der Waals surface area contributed by atoms with E-state index in [-0.39, 0.29) is 17.8 Å². The zero-order valence-corrected chi connectivity index (χ0v) is 11.8. The number of benzene rings is 1. The van der Waals surface area contributed by atoms with Gasteiger partial charge in [0.2, 0.25) is 0 Å². The number of carbonyl (C=O) groups is 1. The standard InChI is InChI=1S/C13H18F3N3O2/c1-3-19(6-7-21-2)12(20)10-8-9(13(14,15)16)4-5-11(10)18-17/h4-5,8,18H,3,6-7,17H2,1-2H3. The van der Waals surface area contributed by atoms with Gasteiger partial charge in [-0.25, -0.2) is 0 Å². The molecule has 0 radical (unpaired) electrons. The highest BCUT2D eigenvalue weighted by molar-refractivity contribution is 5.99. The summed E-state index contributed by atoms with van der Waals surface area (Å²) in [6.07, 6.45) is -4.52. The van der Waals surface area contributed by atoms with Crippen molar-refractivity contribution < 1.29 is 22.7 Å². The van der Waals surface area contributed by atoms with Crippen molar-refractivity contribution in [3.05, 3.63) is 29.3 Å². The lowest BCUT2D eigenvalue weighted by molar-refractivity contribution is -0.137. The fraction of sp³-hybridized carbons (Fsp3) is 0.462. The van der Waals surface area contributed by atoms with Crippen molar-refractivity contribution in [3.8, 4) is 0 Å². The molecule has 0 fully saturated rings. The molecule has 0 saturated carbocycles. The Bertz CT molecular complexity index is 492. The van der Waals surface area contributed by atoms with Gasteiger partial charge in [0.25, 0.3) is 5.91 Å². The fourth-order valence-electron chi connectivity index (χ4n) is 1.80. The molecule has 1 rings (SSSR count). The number of methoxy groups -OCH3 is 1. The average molecular weight is 305 g/mol. The van der Waals surface area contributed by atoms with Gasteiger partial charge in [-0.15, -0.1) is 0 Å². The molecule has 1 amide bonds. The smallest absolute Gasteiger partial charge is 0.383 e. The zero-order chi connectivity index (χ0) is 16.0. The Morgan fingerprint density at radius 2 is 2.10 bits per heavy atom. The summed E-state index contributed by atoms with van der Waals surface area (Å²) in [6.45, 7) is 2.66. The molecule has 0 atom stereocenters. The summed E-state index contributed by atoms with van der Waals surface area (Å²) in [7, 11) is 1.48. The Labute approximate surface area is 120 Å². The topological polar surface area (TPSA) is 67.6 Å². The second-order valence-electron chi connectivity index (χ2n) is 4.28. The van der Waals surface area contributed by atoms with Crippen molar-refractivity contribution >= 4 is 11.6 Å². The zero-order valence-electron chi connectivity index (χ0n) is 11.8. The average Bonchev–Trinajstić information content (AvgIpc) is 2.46. The molecule has 0 bridgehead atoms. The highest BCUT2D eigenvalue weighted by Crippen LogP contribution is 2.32. The number of likely N-dealkylation sites (N-methyl/N-ethyl adjacent to an activating group) is 1. The van der Waals surface area contributed by atoms with E-state index in [1.165, 1.54) is 12.0 Å². The summed E-state index contributed by atoms with van der Waals surface area (Å²) in [6, 6.07) is 2.81. The van der Waals surface area contributed by atoms with Gasteiger partial charge < -0.3 is 15.1 Å². The monoisotopic (exact) mass is 305 g/mol. The first-order valence-electron chi connectivity index (χ1n) is 6.31. The minimum atomic E-state index is -4.52. The number of nitrogens with one attached hydrogen (secondary N) is 1. The minimum absolute atomic E-state index is 0.120. The van der Waals surface area contributed by atoms with Crippen molar-refractivity contribution in [1.29, 1.82) is 0 Å². The number of hydrogen-bond acceptors (Lipinski definition) is 4. The van der Waals surface area contributed by atoms with E-state index < -0.39 is 17.6 Å². The summed E-state index contributed by atoms with van der Waals surface area (Å²) < 4.78 is 43.1. The minimum Gasteiger partial charge on any atom is -0.383 e. The van der Waals surface area contributed by atoms with Crippen LogP contribution in [-0.2, 0) is 10.9 Å². The number of anilines is 1. The number of hydrogen-bond donors (Lipinski definition) is 2. The number of nitrogen functional groups attached to an aromatic ring is 1. The SMILES string of the molecule is CCN(CCOC)C(=O)c1cc(C(F)(F)F)ccc1NN. The van der Waals surface area contributed by atoms with Crippen molar-refractivity contribution in [2.24, 2.45) is 5.84 Å². The van der Waals surface area contributed by atoms with Crippen LogP contribution in [0.4, 0.5) is 18.9 Å². The predicted octanol–water partition coefficient (Wildman–Crippen LogP) is 2.10. The quantitative estimate of drug-likeness (QED) is 0.624. The van der Waals surface area contributed by atoms with Gasteiger partial charge in [0.05, 0.1) is 23.4 Å². The Kier molecular flexibility index (Phi) is 5.98. The number of nitrogens with two attached hydrogens (primary N) is 1. The van der Waals surface area contributed by atoms with Crippen molar-refractivity contribution in [2.45, 2.75) is 13.1 Å². The predicted molar refractivity (Wildman–Crippen MR) is 72.7 cm³/mol. The summed E-state index contributed by atoms with van der Waals surface area (Å²) in [5.41, 5.74) is 1.37. The van der Waals surface area contributed by atoms with Crippen LogP contribution < -0.4 is 11.3 Å². The molecule has 3 N–H and O–H groups in total. The fourth-order valence-corrected chi connectivity index (χ4v) is 1.80. The molecule has 118 valence electrons. The molecular formula is C13H18F3N3O2. The van der Waals surface area contributed by atoms with Crippen molar-refractivity contribution in [3.63, 3.8) is 0 Å². The number of ether oxygens (including phenoxy) is 1. The van der Waals surface area contributed by atoms with Crippen LogP contribution in [0.2, 0.25) is 0 Å². The van der Waals surface area contributed by atoms with Gasteiger partial charge >= 0.3 is 6.18 Å².